The van der Waals surface area contributed by atoms with Crippen molar-refractivity contribution in [1.29, 1.82) is 0 Å². The average Bonchev–Trinajstić information content (AvgIpc) is 2.66. The molecule has 0 saturated heterocycles. The topological polar surface area (TPSA) is 40.5 Å². The van der Waals surface area contributed by atoms with E-state index in [9.17, 15) is 9.90 Å². The fraction of sp³-hybridized carbons (Fsp3) is 0.261. The van der Waals surface area contributed by atoms with Crippen LogP contribution in [0.15, 0.2) is 85.5 Å². The molecular formula is C23H27NO2. The summed E-state index contributed by atoms with van der Waals surface area (Å²) in [6, 6.07) is 19.8. The first-order chi connectivity index (χ1) is 12.5. The predicted molar refractivity (Wildman–Crippen MR) is 106 cm³/mol. The Hall–Kier alpha value is -2.65. The molecule has 0 unspecified atom stereocenters. The van der Waals surface area contributed by atoms with Crippen molar-refractivity contribution in [3.8, 4) is 0 Å². The van der Waals surface area contributed by atoms with Gasteiger partial charge in [0.1, 0.15) is 0 Å². The standard InChI is InChI=1S/C23H27NO2/c1-4-11-21(22(25)18(2)3)23(26)24(16-19-12-7-5-8-13-19)17-20-14-9-6-10-15-20/h4-10,12-15,21-22,25H,1-2,11,16-17H2,3H3/t21-,22+/m0/s1. The molecule has 26 heavy (non-hydrogen) atoms. The molecule has 2 aromatic rings. The smallest absolute Gasteiger partial charge is 0.229 e. The van der Waals surface area contributed by atoms with Crippen molar-refractivity contribution in [3.05, 3.63) is 96.6 Å². The van der Waals surface area contributed by atoms with E-state index in [-0.39, 0.29) is 5.91 Å². The molecule has 0 spiro atoms. The van der Waals surface area contributed by atoms with Gasteiger partial charge in [-0.25, -0.2) is 0 Å². The Kier molecular flexibility index (Phi) is 7.37. The number of carbonyl (C=O) groups excluding carboxylic acids is 1. The van der Waals surface area contributed by atoms with Gasteiger partial charge in [-0.2, -0.15) is 0 Å². The van der Waals surface area contributed by atoms with Crippen molar-refractivity contribution in [2.45, 2.75) is 32.5 Å². The molecule has 0 heterocycles. The van der Waals surface area contributed by atoms with Crippen molar-refractivity contribution in [2.75, 3.05) is 0 Å². The Labute approximate surface area is 156 Å². The molecule has 136 valence electrons. The molecule has 3 nitrogen and oxygen atoms in total. The van der Waals surface area contributed by atoms with Gasteiger partial charge in [-0.05, 0) is 24.5 Å². The number of carbonyl (C=O) groups is 1. The second-order valence-corrected chi connectivity index (χ2v) is 6.59. The summed E-state index contributed by atoms with van der Waals surface area (Å²) in [6.45, 7) is 10.3. The highest BCUT2D eigenvalue weighted by molar-refractivity contribution is 5.80. The molecule has 0 aliphatic carbocycles. The number of amides is 1. The summed E-state index contributed by atoms with van der Waals surface area (Å²) < 4.78 is 0. The number of allylic oxidation sites excluding steroid dienone is 1. The van der Waals surface area contributed by atoms with Gasteiger partial charge < -0.3 is 10.0 Å². The van der Waals surface area contributed by atoms with Gasteiger partial charge in [0.05, 0.1) is 12.0 Å². The molecular weight excluding hydrogens is 322 g/mol. The van der Waals surface area contributed by atoms with Gasteiger partial charge in [-0.3, -0.25) is 4.79 Å². The number of aliphatic hydroxyl groups is 1. The Morgan fingerprint density at radius 1 is 1.04 bits per heavy atom. The van der Waals surface area contributed by atoms with Crippen molar-refractivity contribution in [2.24, 2.45) is 5.92 Å². The SMILES string of the molecule is C=CC[C@H](C(=O)N(Cc1ccccc1)Cc1ccccc1)[C@H](O)C(=C)C. The fourth-order valence-corrected chi connectivity index (χ4v) is 2.94. The van der Waals surface area contributed by atoms with E-state index in [0.29, 0.717) is 25.1 Å². The van der Waals surface area contributed by atoms with Gasteiger partial charge in [-0.15, -0.1) is 6.58 Å². The van der Waals surface area contributed by atoms with Crippen LogP contribution in [-0.4, -0.2) is 22.0 Å². The second-order valence-electron chi connectivity index (χ2n) is 6.59. The zero-order valence-electron chi connectivity index (χ0n) is 15.3. The average molecular weight is 349 g/mol. The van der Waals surface area contributed by atoms with E-state index in [1.807, 2.05) is 60.7 Å². The largest absolute Gasteiger partial charge is 0.388 e. The summed E-state index contributed by atoms with van der Waals surface area (Å²) in [7, 11) is 0. The van der Waals surface area contributed by atoms with E-state index < -0.39 is 12.0 Å². The van der Waals surface area contributed by atoms with Gasteiger partial charge in [0.25, 0.3) is 0 Å². The maximum absolute atomic E-state index is 13.3. The zero-order valence-corrected chi connectivity index (χ0v) is 15.3. The van der Waals surface area contributed by atoms with E-state index in [1.54, 1.807) is 17.9 Å². The van der Waals surface area contributed by atoms with Gasteiger partial charge in [-0.1, -0.05) is 78.9 Å². The molecule has 2 aromatic carbocycles. The lowest BCUT2D eigenvalue weighted by molar-refractivity contribution is -0.139. The lowest BCUT2D eigenvalue weighted by atomic mass is 9.92. The number of aliphatic hydroxyl groups excluding tert-OH is 1. The molecule has 0 aliphatic heterocycles. The van der Waals surface area contributed by atoms with Crippen LogP contribution in [0, 0.1) is 5.92 Å². The van der Waals surface area contributed by atoms with Crippen molar-refractivity contribution in [3.63, 3.8) is 0 Å². The third kappa shape index (κ3) is 5.43. The second kappa shape index (κ2) is 9.73. The Bertz CT molecular complexity index is 683. The molecule has 0 radical (unpaired) electrons. The summed E-state index contributed by atoms with van der Waals surface area (Å²) in [5.41, 5.74) is 2.70. The minimum Gasteiger partial charge on any atom is -0.388 e. The third-order valence-corrected chi connectivity index (χ3v) is 4.37. The highest BCUT2D eigenvalue weighted by Gasteiger charge is 2.30. The molecule has 0 aliphatic rings. The molecule has 0 fully saturated rings. The zero-order chi connectivity index (χ0) is 18.9. The lowest BCUT2D eigenvalue weighted by Gasteiger charge is -2.30. The first-order valence-corrected chi connectivity index (χ1v) is 8.84. The summed E-state index contributed by atoms with van der Waals surface area (Å²) >= 11 is 0. The first-order valence-electron chi connectivity index (χ1n) is 8.84. The Morgan fingerprint density at radius 2 is 1.50 bits per heavy atom. The van der Waals surface area contributed by atoms with E-state index in [1.165, 1.54) is 0 Å². The fourth-order valence-electron chi connectivity index (χ4n) is 2.94. The van der Waals surface area contributed by atoms with Crippen LogP contribution in [0.2, 0.25) is 0 Å². The van der Waals surface area contributed by atoms with Gasteiger partial charge in [0.2, 0.25) is 5.91 Å². The van der Waals surface area contributed by atoms with Crippen LogP contribution >= 0.6 is 0 Å². The van der Waals surface area contributed by atoms with E-state index in [4.69, 9.17) is 0 Å². The molecule has 0 saturated carbocycles. The predicted octanol–water partition coefficient (Wildman–Crippen LogP) is 4.34. The molecule has 2 atom stereocenters. The van der Waals surface area contributed by atoms with E-state index >= 15 is 0 Å². The van der Waals surface area contributed by atoms with E-state index in [0.717, 1.165) is 11.1 Å². The number of benzene rings is 2. The monoisotopic (exact) mass is 349 g/mol. The molecule has 0 aromatic heterocycles. The van der Waals surface area contributed by atoms with Gasteiger partial charge in [0, 0.05) is 13.1 Å². The summed E-state index contributed by atoms with van der Waals surface area (Å²) in [5.74, 6) is -0.662. The van der Waals surface area contributed by atoms with Crippen LogP contribution in [0.3, 0.4) is 0 Å². The van der Waals surface area contributed by atoms with Crippen LogP contribution in [-0.2, 0) is 17.9 Å². The molecule has 1 N–H and O–H groups in total. The van der Waals surface area contributed by atoms with Crippen LogP contribution in [0.25, 0.3) is 0 Å². The first kappa shape index (κ1) is 19.7. The Morgan fingerprint density at radius 3 is 1.88 bits per heavy atom. The maximum Gasteiger partial charge on any atom is 0.229 e. The quantitative estimate of drug-likeness (QED) is 0.684. The lowest BCUT2D eigenvalue weighted by Crippen LogP contribution is -2.40. The van der Waals surface area contributed by atoms with Gasteiger partial charge >= 0.3 is 0 Å². The van der Waals surface area contributed by atoms with Gasteiger partial charge in [0.15, 0.2) is 0 Å². The number of hydrogen-bond donors (Lipinski definition) is 1. The van der Waals surface area contributed by atoms with Crippen molar-refractivity contribution in [1.82, 2.24) is 4.90 Å². The molecule has 2 rings (SSSR count). The van der Waals surface area contributed by atoms with Crippen LogP contribution in [0.1, 0.15) is 24.5 Å². The number of hydrogen-bond acceptors (Lipinski definition) is 2. The van der Waals surface area contributed by atoms with Crippen LogP contribution in [0.4, 0.5) is 0 Å². The van der Waals surface area contributed by atoms with Crippen molar-refractivity contribution < 1.29 is 9.90 Å². The molecule has 3 heteroatoms. The summed E-state index contributed by atoms with van der Waals surface area (Å²) in [4.78, 5) is 15.1. The molecule has 0 bridgehead atoms. The van der Waals surface area contributed by atoms with Crippen LogP contribution in [0.5, 0.6) is 0 Å². The maximum atomic E-state index is 13.3. The van der Waals surface area contributed by atoms with E-state index in [2.05, 4.69) is 13.2 Å². The van der Waals surface area contributed by atoms with Crippen LogP contribution < -0.4 is 0 Å². The summed E-state index contributed by atoms with van der Waals surface area (Å²) in [6.07, 6.45) is 1.21. The van der Waals surface area contributed by atoms with Crippen molar-refractivity contribution >= 4 is 5.91 Å². The minimum absolute atomic E-state index is 0.0897. The normalized spacial score (nSPS) is 12.8. The number of rotatable bonds is 9. The minimum atomic E-state index is -0.880. The summed E-state index contributed by atoms with van der Waals surface area (Å²) in [5, 5.41) is 10.5. The molecule has 1 amide bonds. The third-order valence-electron chi connectivity index (χ3n) is 4.37. The highest BCUT2D eigenvalue weighted by Crippen LogP contribution is 2.21. The Balaban J connectivity index is 2.29. The highest BCUT2D eigenvalue weighted by atomic mass is 16.3. The number of nitrogens with zero attached hydrogens (tertiary/aromatic N) is 1.